The number of methoxy groups -OCH3 is 1. The molecule has 3 heteroatoms. The number of benzene rings is 1. The Labute approximate surface area is 87.2 Å². The van der Waals surface area contributed by atoms with E-state index in [-0.39, 0.29) is 0 Å². The molecule has 14 heavy (non-hydrogen) atoms. The van der Waals surface area contributed by atoms with Crippen LogP contribution in [0.25, 0.3) is 10.6 Å². The van der Waals surface area contributed by atoms with Crippen molar-refractivity contribution in [3.63, 3.8) is 0 Å². The van der Waals surface area contributed by atoms with Crippen LogP contribution in [0.3, 0.4) is 0 Å². The summed E-state index contributed by atoms with van der Waals surface area (Å²) in [6, 6.07) is 6.02. The second kappa shape index (κ2) is 3.80. The van der Waals surface area contributed by atoms with Crippen LogP contribution in [0.5, 0.6) is 5.75 Å². The van der Waals surface area contributed by atoms with E-state index in [4.69, 9.17) is 4.74 Å². The number of nitrogens with zero attached hydrogens (tertiary/aromatic N) is 1. The van der Waals surface area contributed by atoms with E-state index >= 15 is 0 Å². The van der Waals surface area contributed by atoms with Crippen molar-refractivity contribution < 1.29 is 4.74 Å². The third-order valence-electron chi connectivity index (χ3n) is 2.10. The molecule has 1 aromatic heterocycles. The molecule has 0 saturated carbocycles. The van der Waals surface area contributed by atoms with Gasteiger partial charge in [-0.05, 0) is 18.6 Å². The molecule has 0 aliphatic heterocycles. The molecule has 2 aromatic rings. The molecule has 0 aliphatic rings. The third kappa shape index (κ3) is 1.51. The SMILES string of the molecule is COc1cccc(C)c1-c1nccs1. The predicted octanol–water partition coefficient (Wildman–Crippen LogP) is 3.13. The van der Waals surface area contributed by atoms with Gasteiger partial charge in [-0.3, -0.25) is 0 Å². The van der Waals surface area contributed by atoms with Crippen LogP contribution in [-0.2, 0) is 0 Å². The van der Waals surface area contributed by atoms with E-state index in [2.05, 4.69) is 18.0 Å². The van der Waals surface area contributed by atoms with Crippen molar-refractivity contribution >= 4 is 11.3 Å². The average Bonchev–Trinajstić information content (AvgIpc) is 2.70. The molecular weight excluding hydrogens is 194 g/mol. The largest absolute Gasteiger partial charge is 0.496 e. The first-order valence-corrected chi connectivity index (χ1v) is 5.24. The molecule has 0 amide bonds. The lowest BCUT2D eigenvalue weighted by Gasteiger charge is -2.08. The van der Waals surface area contributed by atoms with Gasteiger partial charge >= 0.3 is 0 Å². The lowest BCUT2D eigenvalue weighted by atomic mass is 10.1. The van der Waals surface area contributed by atoms with Crippen molar-refractivity contribution in [1.29, 1.82) is 0 Å². The zero-order valence-corrected chi connectivity index (χ0v) is 8.97. The van der Waals surface area contributed by atoms with Gasteiger partial charge < -0.3 is 4.74 Å². The quantitative estimate of drug-likeness (QED) is 0.751. The van der Waals surface area contributed by atoms with Gasteiger partial charge in [0.05, 0.1) is 12.7 Å². The maximum Gasteiger partial charge on any atom is 0.129 e. The highest BCUT2D eigenvalue weighted by atomic mass is 32.1. The zero-order valence-electron chi connectivity index (χ0n) is 8.15. The number of hydrogen-bond acceptors (Lipinski definition) is 3. The normalized spacial score (nSPS) is 10.1. The number of hydrogen-bond donors (Lipinski definition) is 0. The van der Waals surface area contributed by atoms with Gasteiger partial charge in [0, 0.05) is 11.6 Å². The minimum atomic E-state index is 0.889. The van der Waals surface area contributed by atoms with Gasteiger partial charge in [0.1, 0.15) is 10.8 Å². The van der Waals surface area contributed by atoms with E-state index in [0.717, 1.165) is 16.3 Å². The Morgan fingerprint density at radius 1 is 1.36 bits per heavy atom. The van der Waals surface area contributed by atoms with Gasteiger partial charge in [-0.15, -0.1) is 11.3 Å². The highest BCUT2D eigenvalue weighted by Crippen LogP contribution is 2.33. The van der Waals surface area contributed by atoms with Crippen molar-refractivity contribution in [3.05, 3.63) is 35.3 Å². The molecule has 0 saturated heterocycles. The lowest BCUT2D eigenvalue weighted by Crippen LogP contribution is -1.89. The maximum atomic E-state index is 5.32. The van der Waals surface area contributed by atoms with Gasteiger partial charge in [-0.25, -0.2) is 4.98 Å². The van der Waals surface area contributed by atoms with E-state index in [0.29, 0.717) is 0 Å². The van der Waals surface area contributed by atoms with Crippen LogP contribution in [0, 0.1) is 6.92 Å². The summed E-state index contributed by atoms with van der Waals surface area (Å²) >= 11 is 1.63. The lowest BCUT2D eigenvalue weighted by molar-refractivity contribution is 0.416. The monoisotopic (exact) mass is 205 g/mol. The molecular formula is C11H11NOS. The first-order valence-electron chi connectivity index (χ1n) is 4.36. The summed E-state index contributed by atoms with van der Waals surface area (Å²) in [5.41, 5.74) is 2.30. The van der Waals surface area contributed by atoms with Crippen LogP contribution in [0.2, 0.25) is 0 Å². The van der Waals surface area contributed by atoms with E-state index in [9.17, 15) is 0 Å². The molecule has 1 heterocycles. The van der Waals surface area contributed by atoms with Crippen LogP contribution in [-0.4, -0.2) is 12.1 Å². The summed E-state index contributed by atoms with van der Waals surface area (Å²) in [6.07, 6.45) is 1.81. The summed E-state index contributed by atoms with van der Waals surface area (Å²) in [5.74, 6) is 0.889. The van der Waals surface area contributed by atoms with Crippen molar-refractivity contribution in [2.24, 2.45) is 0 Å². The van der Waals surface area contributed by atoms with E-state index in [1.54, 1.807) is 18.4 Å². The fraction of sp³-hybridized carbons (Fsp3) is 0.182. The van der Waals surface area contributed by atoms with Crippen LogP contribution in [0.15, 0.2) is 29.8 Å². The predicted molar refractivity (Wildman–Crippen MR) is 58.8 cm³/mol. The van der Waals surface area contributed by atoms with Crippen molar-refractivity contribution in [2.75, 3.05) is 7.11 Å². The Kier molecular flexibility index (Phi) is 2.50. The molecule has 0 spiro atoms. The molecule has 0 radical (unpaired) electrons. The molecule has 0 unspecified atom stereocenters. The standard InChI is InChI=1S/C11H11NOS/c1-8-4-3-5-9(13-2)10(8)11-12-6-7-14-11/h3-7H,1-2H3. The van der Waals surface area contributed by atoms with Crippen molar-refractivity contribution in [1.82, 2.24) is 4.98 Å². The van der Waals surface area contributed by atoms with Gasteiger partial charge in [0.15, 0.2) is 0 Å². The molecule has 1 aromatic carbocycles. The molecule has 0 N–H and O–H groups in total. The summed E-state index contributed by atoms with van der Waals surface area (Å²) < 4.78 is 5.32. The van der Waals surface area contributed by atoms with Crippen LogP contribution < -0.4 is 4.74 Å². The van der Waals surface area contributed by atoms with Gasteiger partial charge in [0.25, 0.3) is 0 Å². The minimum Gasteiger partial charge on any atom is -0.496 e. The number of aryl methyl sites for hydroxylation is 1. The smallest absolute Gasteiger partial charge is 0.129 e. The number of rotatable bonds is 2. The minimum absolute atomic E-state index is 0.889. The summed E-state index contributed by atoms with van der Waals surface area (Å²) in [5, 5.41) is 2.99. The number of thiazole rings is 1. The number of aromatic nitrogens is 1. The van der Waals surface area contributed by atoms with Gasteiger partial charge in [-0.1, -0.05) is 12.1 Å². The highest BCUT2D eigenvalue weighted by molar-refractivity contribution is 7.13. The van der Waals surface area contributed by atoms with Crippen LogP contribution in [0.1, 0.15) is 5.56 Å². The third-order valence-corrected chi connectivity index (χ3v) is 2.89. The molecule has 2 rings (SSSR count). The Bertz CT molecular complexity index is 423. The van der Waals surface area contributed by atoms with Crippen molar-refractivity contribution in [2.45, 2.75) is 6.92 Å². The van der Waals surface area contributed by atoms with E-state index in [1.807, 2.05) is 23.7 Å². The Balaban J connectivity index is 2.61. The zero-order chi connectivity index (χ0) is 9.97. The fourth-order valence-electron chi connectivity index (χ4n) is 1.43. The van der Waals surface area contributed by atoms with E-state index < -0.39 is 0 Å². The second-order valence-electron chi connectivity index (χ2n) is 2.99. The highest BCUT2D eigenvalue weighted by Gasteiger charge is 2.10. The fourth-order valence-corrected chi connectivity index (χ4v) is 2.18. The Hall–Kier alpha value is -1.35. The first-order chi connectivity index (χ1) is 6.83. The topological polar surface area (TPSA) is 22.1 Å². The molecule has 72 valence electrons. The van der Waals surface area contributed by atoms with Gasteiger partial charge in [-0.2, -0.15) is 0 Å². The molecule has 0 bridgehead atoms. The Morgan fingerprint density at radius 2 is 2.21 bits per heavy atom. The molecule has 0 atom stereocenters. The van der Waals surface area contributed by atoms with E-state index in [1.165, 1.54) is 5.56 Å². The van der Waals surface area contributed by atoms with Gasteiger partial charge in [0.2, 0.25) is 0 Å². The van der Waals surface area contributed by atoms with Crippen LogP contribution in [0.4, 0.5) is 0 Å². The molecule has 0 fully saturated rings. The molecule has 0 aliphatic carbocycles. The second-order valence-corrected chi connectivity index (χ2v) is 3.88. The Morgan fingerprint density at radius 3 is 2.86 bits per heavy atom. The molecule has 2 nitrogen and oxygen atoms in total. The first kappa shape index (κ1) is 9.21. The van der Waals surface area contributed by atoms with Crippen LogP contribution >= 0.6 is 11.3 Å². The summed E-state index contributed by atoms with van der Waals surface area (Å²) in [6.45, 7) is 2.07. The maximum absolute atomic E-state index is 5.32. The average molecular weight is 205 g/mol. The van der Waals surface area contributed by atoms with Crippen molar-refractivity contribution in [3.8, 4) is 16.3 Å². The summed E-state index contributed by atoms with van der Waals surface area (Å²) in [4.78, 5) is 4.29. The number of ether oxygens (including phenoxy) is 1. The summed E-state index contributed by atoms with van der Waals surface area (Å²) in [7, 11) is 1.69.